The number of aliphatic carboxylic acids is 1. The zero-order chi connectivity index (χ0) is 15.2. The number of carbonyl (C=O) groups excluding carboxylic acids is 1. The van der Waals surface area contributed by atoms with E-state index in [0.717, 1.165) is 4.88 Å². The molecule has 1 aromatic carbocycles. The monoisotopic (exact) mass is 304 g/mol. The average Bonchev–Trinajstić information content (AvgIpc) is 2.89. The molecule has 2 amide bonds. The van der Waals surface area contributed by atoms with Crippen LogP contribution in [0.25, 0.3) is 0 Å². The van der Waals surface area contributed by atoms with Gasteiger partial charge in [-0.05, 0) is 24.6 Å². The molecular weight excluding hydrogens is 288 g/mol. The Hall–Kier alpha value is -2.34. The molecule has 1 heterocycles. The summed E-state index contributed by atoms with van der Waals surface area (Å²) in [5, 5.41) is 14.4. The fourth-order valence-corrected chi connectivity index (χ4v) is 2.69. The van der Waals surface area contributed by atoms with Crippen molar-refractivity contribution in [3.05, 3.63) is 57.8 Å². The van der Waals surface area contributed by atoms with Crippen molar-refractivity contribution < 1.29 is 14.7 Å². The van der Waals surface area contributed by atoms with Crippen molar-refractivity contribution in [3.8, 4) is 0 Å². The first-order chi connectivity index (χ1) is 10.1. The van der Waals surface area contributed by atoms with Crippen LogP contribution < -0.4 is 10.6 Å². The number of aryl methyl sites for hydroxylation is 1. The van der Waals surface area contributed by atoms with E-state index in [9.17, 15) is 14.7 Å². The van der Waals surface area contributed by atoms with Crippen LogP contribution in [-0.4, -0.2) is 17.1 Å². The van der Waals surface area contributed by atoms with Gasteiger partial charge in [0, 0.05) is 9.75 Å². The number of amides is 2. The van der Waals surface area contributed by atoms with Crippen molar-refractivity contribution in [1.29, 1.82) is 0 Å². The Morgan fingerprint density at radius 1 is 1.19 bits per heavy atom. The quantitative estimate of drug-likeness (QED) is 0.794. The summed E-state index contributed by atoms with van der Waals surface area (Å²) in [6, 6.07) is 11.0. The molecule has 110 valence electrons. The third kappa shape index (κ3) is 4.32. The number of thiophene rings is 1. The van der Waals surface area contributed by atoms with Gasteiger partial charge in [-0.15, -0.1) is 11.3 Å². The lowest BCUT2D eigenvalue weighted by molar-refractivity contribution is -0.139. The highest BCUT2D eigenvalue weighted by Crippen LogP contribution is 2.15. The normalized spacial score (nSPS) is 11.7. The Morgan fingerprint density at radius 3 is 2.48 bits per heavy atom. The van der Waals surface area contributed by atoms with Crippen LogP contribution in [-0.2, 0) is 11.3 Å². The summed E-state index contributed by atoms with van der Waals surface area (Å²) in [4.78, 5) is 25.3. The zero-order valence-electron chi connectivity index (χ0n) is 11.5. The van der Waals surface area contributed by atoms with E-state index in [1.807, 2.05) is 19.1 Å². The topological polar surface area (TPSA) is 78.4 Å². The van der Waals surface area contributed by atoms with Crippen molar-refractivity contribution in [2.24, 2.45) is 0 Å². The largest absolute Gasteiger partial charge is 0.479 e. The Bertz CT molecular complexity index is 625. The Balaban J connectivity index is 1.94. The second-order valence-corrected chi connectivity index (χ2v) is 5.89. The summed E-state index contributed by atoms with van der Waals surface area (Å²) >= 11 is 1.59. The maximum Gasteiger partial charge on any atom is 0.330 e. The number of rotatable bonds is 5. The number of benzene rings is 1. The summed E-state index contributed by atoms with van der Waals surface area (Å²) in [7, 11) is 0. The highest BCUT2D eigenvalue weighted by atomic mass is 32.1. The molecule has 3 N–H and O–H groups in total. The smallest absolute Gasteiger partial charge is 0.330 e. The highest BCUT2D eigenvalue weighted by molar-refractivity contribution is 7.11. The lowest BCUT2D eigenvalue weighted by Crippen LogP contribution is -2.40. The van der Waals surface area contributed by atoms with Crippen molar-refractivity contribution >= 4 is 23.3 Å². The molecular formula is C15H16N2O3S. The zero-order valence-corrected chi connectivity index (χ0v) is 12.3. The first kappa shape index (κ1) is 15.1. The van der Waals surface area contributed by atoms with Gasteiger partial charge in [-0.1, -0.05) is 30.3 Å². The average molecular weight is 304 g/mol. The number of carbonyl (C=O) groups is 2. The van der Waals surface area contributed by atoms with Crippen molar-refractivity contribution in [2.45, 2.75) is 19.5 Å². The van der Waals surface area contributed by atoms with Crippen LogP contribution in [0.15, 0.2) is 42.5 Å². The van der Waals surface area contributed by atoms with Crippen LogP contribution >= 0.6 is 11.3 Å². The number of hydrogen-bond donors (Lipinski definition) is 3. The van der Waals surface area contributed by atoms with Crippen LogP contribution in [0.3, 0.4) is 0 Å². The minimum absolute atomic E-state index is 0.380. The molecule has 6 heteroatoms. The van der Waals surface area contributed by atoms with Gasteiger partial charge in [0.1, 0.15) is 0 Å². The number of hydrogen-bond acceptors (Lipinski definition) is 3. The van der Waals surface area contributed by atoms with Crippen molar-refractivity contribution in [1.82, 2.24) is 10.6 Å². The van der Waals surface area contributed by atoms with Gasteiger partial charge in [0.15, 0.2) is 6.04 Å². The summed E-state index contributed by atoms with van der Waals surface area (Å²) < 4.78 is 0. The fraction of sp³-hybridized carbons (Fsp3) is 0.200. The number of carboxylic acids is 1. The molecule has 0 aliphatic rings. The van der Waals surface area contributed by atoms with Crippen LogP contribution in [0.5, 0.6) is 0 Å². The minimum atomic E-state index is -1.09. The Kier molecular flexibility index (Phi) is 4.94. The van der Waals surface area contributed by atoms with Crippen LogP contribution in [0, 0.1) is 6.92 Å². The van der Waals surface area contributed by atoms with Gasteiger partial charge >= 0.3 is 12.0 Å². The van der Waals surface area contributed by atoms with Crippen LogP contribution in [0.2, 0.25) is 0 Å². The minimum Gasteiger partial charge on any atom is -0.479 e. The first-order valence-electron chi connectivity index (χ1n) is 6.43. The van der Waals surface area contributed by atoms with Crippen molar-refractivity contribution in [2.75, 3.05) is 0 Å². The van der Waals surface area contributed by atoms with Gasteiger partial charge in [-0.3, -0.25) is 0 Å². The van der Waals surface area contributed by atoms with Gasteiger partial charge in [0.05, 0.1) is 6.54 Å². The highest BCUT2D eigenvalue weighted by Gasteiger charge is 2.21. The second-order valence-electron chi connectivity index (χ2n) is 4.52. The molecule has 0 spiro atoms. The molecule has 0 unspecified atom stereocenters. The Labute approximate surface area is 126 Å². The lowest BCUT2D eigenvalue weighted by atomic mass is 10.1. The summed E-state index contributed by atoms with van der Waals surface area (Å²) in [6.45, 7) is 2.37. The van der Waals surface area contributed by atoms with Gasteiger partial charge in [0.2, 0.25) is 0 Å². The van der Waals surface area contributed by atoms with Gasteiger partial charge < -0.3 is 15.7 Å². The Morgan fingerprint density at radius 2 is 1.90 bits per heavy atom. The van der Waals surface area contributed by atoms with E-state index in [0.29, 0.717) is 12.1 Å². The number of carboxylic acid groups (broad SMARTS) is 1. The maximum absolute atomic E-state index is 11.8. The standard InChI is InChI=1S/C15H16N2O3S/c1-10-7-8-12(21-10)9-16-15(20)17-13(14(18)19)11-5-3-2-4-6-11/h2-8,13H,9H2,1H3,(H,18,19)(H2,16,17,20)/t13-/m1/s1. The molecule has 0 aliphatic heterocycles. The fourth-order valence-electron chi connectivity index (χ4n) is 1.86. The maximum atomic E-state index is 11.8. The molecule has 2 rings (SSSR count). The molecule has 0 saturated heterocycles. The third-order valence-corrected chi connectivity index (χ3v) is 3.88. The molecule has 5 nitrogen and oxygen atoms in total. The molecule has 0 radical (unpaired) electrons. The molecule has 0 saturated carbocycles. The number of urea groups is 1. The van der Waals surface area contributed by atoms with E-state index in [1.54, 1.807) is 41.7 Å². The SMILES string of the molecule is Cc1ccc(CNC(=O)N[C@@H](C(=O)O)c2ccccc2)s1. The third-order valence-electron chi connectivity index (χ3n) is 2.87. The predicted molar refractivity (Wildman–Crippen MR) is 81.2 cm³/mol. The van der Waals surface area contributed by atoms with E-state index in [-0.39, 0.29) is 0 Å². The van der Waals surface area contributed by atoms with Gasteiger partial charge in [-0.25, -0.2) is 9.59 Å². The lowest BCUT2D eigenvalue weighted by Gasteiger charge is -2.15. The molecule has 2 aromatic rings. The molecule has 1 atom stereocenters. The van der Waals surface area contributed by atoms with Crippen molar-refractivity contribution in [3.63, 3.8) is 0 Å². The van der Waals surface area contributed by atoms with E-state index in [1.165, 1.54) is 4.88 Å². The van der Waals surface area contributed by atoms with E-state index >= 15 is 0 Å². The molecule has 21 heavy (non-hydrogen) atoms. The molecule has 0 fully saturated rings. The molecule has 0 aliphatic carbocycles. The van der Waals surface area contributed by atoms with Crippen LogP contribution in [0.1, 0.15) is 21.4 Å². The van der Waals surface area contributed by atoms with Gasteiger partial charge in [-0.2, -0.15) is 0 Å². The molecule has 0 bridgehead atoms. The van der Waals surface area contributed by atoms with E-state index < -0.39 is 18.0 Å². The first-order valence-corrected chi connectivity index (χ1v) is 7.25. The summed E-state index contributed by atoms with van der Waals surface area (Å²) in [5.74, 6) is -1.09. The van der Waals surface area contributed by atoms with E-state index in [4.69, 9.17) is 0 Å². The van der Waals surface area contributed by atoms with E-state index in [2.05, 4.69) is 10.6 Å². The molecule has 1 aromatic heterocycles. The summed E-state index contributed by atoms with van der Waals surface area (Å²) in [6.07, 6.45) is 0. The van der Waals surface area contributed by atoms with Crippen LogP contribution in [0.4, 0.5) is 4.79 Å². The van der Waals surface area contributed by atoms with Gasteiger partial charge in [0.25, 0.3) is 0 Å². The summed E-state index contributed by atoms with van der Waals surface area (Å²) in [5.41, 5.74) is 0.534. The predicted octanol–water partition coefficient (Wildman–Crippen LogP) is 2.68. The second kappa shape index (κ2) is 6.90. The number of nitrogens with one attached hydrogen (secondary N) is 2.